The van der Waals surface area contributed by atoms with E-state index in [1.54, 1.807) is 7.11 Å². The summed E-state index contributed by atoms with van der Waals surface area (Å²) in [5.74, 6) is 1.20. The number of benzene rings is 1. The van der Waals surface area contributed by atoms with Gasteiger partial charge in [-0.25, -0.2) is 4.99 Å². The van der Waals surface area contributed by atoms with Crippen molar-refractivity contribution in [3.05, 3.63) is 28.8 Å². The smallest absolute Gasteiger partial charge is 0.189 e. The molecule has 3 N–H and O–H groups in total. The maximum Gasteiger partial charge on any atom is 0.189 e. The molecule has 0 aliphatic heterocycles. The van der Waals surface area contributed by atoms with E-state index >= 15 is 0 Å². The number of aliphatic imine (C=N–C) groups is 1. The molecule has 0 radical (unpaired) electrons. The van der Waals surface area contributed by atoms with Gasteiger partial charge < -0.3 is 15.8 Å². The summed E-state index contributed by atoms with van der Waals surface area (Å²) >= 11 is 6.10. The van der Waals surface area contributed by atoms with Crippen molar-refractivity contribution in [3.8, 4) is 5.75 Å². The fourth-order valence-electron chi connectivity index (χ4n) is 2.66. The van der Waals surface area contributed by atoms with Crippen LogP contribution < -0.4 is 15.8 Å². The van der Waals surface area contributed by atoms with E-state index in [4.69, 9.17) is 22.1 Å². The number of hydrogen-bond acceptors (Lipinski definition) is 2. The zero-order valence-corrected chi connectivity index (χ0v) is 16.1. The first-order valence-electron chi connectivity index (χ1n) is 7.58. The van der Waals surface area contributed by atoms with Crippen LogP contribution in [0.4, 0.5) is 0 Å². The van der Waals surface area contributed by atoms with Crippen molar-refractivity contribution >= 4 is 41.5 Å². The van der Waals surface area contributed by atoms with Gasteiger partial charge in [-0.1, -0.05) is 43.4 Å². The molecule has 0 atom stereocenters. The van der Waals surface area contributed by atoms with Gasteiger partial charge in [-0.15, -0.1) is 24.0 Å². The first kappa shape index (κ1) is 19.4. The lowest BCUT2D eigenvalue weighted by Crippen LogP contribution is -2.39. The zero-order chi connectivity index (χ0) is 15.1. The maximum atomic E-state index is 6.10. The summed E-state index contributed by atoms with van der Waals surface area (Å²) in [7, 11) is 1.60. The van der Waals surface area contributed by atoms with Crippen molar-refractivity contribution in [3.63, 3.8) is 0 Å². The monoisotopic (exact) mass is 437 g/mol. The molecule has 6 heteroatoms. The molecule has 0 bridgehead atoms. The fourth-order valence-corrected chi connectivity index (χ4v) is 2.94. The number of hydrogen-bond donors (Lipinski definition) is 2. The molecule has 1 aliphatic rings. The minimum Gasteiger partial charge on any atom is -0.495 e. The molecular formula is C16H25ClIN3O. The Morgan fingerprint density at radius 3 is 2.59 bits per heavy atom. The van der Waals surface area contributed by atoms with Crippen molar-refractivity contribution in [1.82, 2.24) is 5.32 Å². The van der Waals surface area contributed by atoms with E-state index in [0.29, 0.717) is 29.3 Å². The van der Waals surface area contributed by atoms with Crippen molar-refractivity contribution in [1.29, 1.82) is 0 Å². The second-order valence-electron chi connectivity index (χ2n) is 5.50. The largest absolute Gasteiger partial charge is 0.495 e. The predicted molar refractivity (Wildman–Crippen MR) is 103 cm³/mol. The molecule has 124 valence electrons. The molecular weight excluding hydrogens is 413 g/mol. The number of nitrogens with one attached hydrogen (secondary N) is 1. The van der Waals surface area contributed by atoms with Crippen molar-refractivity contribution in [2.24, 2.45) is 10.7 Å². The van der Waals surface area contributed by atoms with Gasteiger partial charge in [-0.3, -0.25) is 0 Å². The Balaban J connectivity index is 0.00000242. The Kier molecular flexibility index (Phi) is 8.93. The van der Waals surface area contributed by atoms with Crippen LogP contribution in [0.1, 0.15) is 44.1 Å². The van der Waals surface area contributed by atoms with Gasteiger partial charge in [-0.05, 0) is 30.5 Å². The second-order valence-corrected chi connectivity index (χ2v) is 5.91. The Morgan fingerprint density at radius 1 is 1.32 bits per heavy atom. The van der Waals surface area contributed by atoms with E-state index in [1.165, 1.54) is 38.5 Å². The highest BCUT2D eigenvalue weighted by Gasteiger charge is 2.12. The first-order valence-corrected chi connectivity index (χ1v) is 7.95. The summed E-state index contributed by atoms with van der Waals surface area (Å²) in [4.78, 5) is 4.40. The average Bonchev–Trinajstić information content (AvgIpc) is 2.74. The minimum absolute atomic E-state index is 0. The lowest BCUT2D eigenvalue weighted by atomic mass is 10.1. The maximum absolute atomic E-state index is 6.10. The van der Waals surface area contributed by atoms with Gasteiger partial charge in [0.2, 0.25) is 0 Å². The third kappa shape index (κ3) is 6.20. The second kappa shape index (κ2) is 10.2. The van der Waals surface area contributed by atoms with Crippen LogP contribution in [0.15, 0.2) is 23.2 Å². The molecule has 1 aromatic rings. The van der Waals surface area contributed by atoms with Crippen LogP contribution in [0.5, 0.6) is 5.75 Å². The molecule has 1 aliphatic carbocycles. The zero-order valence-electron chi connectivity index (χ0n) is 13.0. The third-order valence-electron chi connectivity index (χ3n) is 3.86. The van der Waals surface area contributed by atoms with Gasteiger partial charge in [0, 0.05) is 6.04 Å². The van der Waals surface area contributed by atoms with Gasteiger partial charge in [-0.2, -0.15) is 0 Å². The highest BCUT2D eigenvalue weighted by atomic mass is 127. The lowest BCUT2D eigenvalue weighted by molar-refractivity contribution is 0.415. The quantitative estimate of drug-likeness (QED) is 0.323. The highest BCUT2D eigenvalue weighted by molar-refractivity contribution is 14.0. The molecule has 1 saturated carbocycles. The SMILES string of the molecule is COc1ccc(CN=C(N)NC2CCCCCC2)cc1Cl.I. The summed E-state index contributed by atoms with van der Waals surface area (Å²) in [5, 5.41) is 3.93. The number of ether oxygens (including phenoxy) is 1. The van der Waals surface area contributed by atoms with Crippen molar-refractivity contribution < 1.29 is 4.74 Å². The van der Waals surface area contributed by atoms with Gasteiger partial charge in [0.25, 0.3) is 0 Å². The molecule has 2 rings (SSSR count). The van der Waals surface area contributed by atoms with Crippen LogP contribution in [0.2, 0.25) is 5.02 Å². The molecule has 0 heterocycles. The van der Waals surface area contributed by atoms with Crippen molar-refractivity contribution in [2.75, 3.05) is 7.11 Å². The topological polar surface area (TPSA) is 59.6 Å². The molecule has 1 fully saturated rings. The van der Waals surface area contributed by atoms with Gasteiger partial charge in [0.1, 0.15) is 5.75 Å². The highest BCUT2D eigenvalue weighted by Crippen LogP contribution is 2.25. The molecule has 0 amide bonds. The van der Waals surface area contributed by atoms with E-state index in [9.17, 15) is 0 Å². The normalized spacial score (nSPS) is 16.5. The molecule has 4 nitrogen and oxygen atoms in total. The Hall–Kier alpha value is -0.690. The molecule has 0 aromatic heterocycles. The number of nitrogens with two attached hydrogens (primary N) is 1. The Bertz CT molecular complexity index is 488. The van der Waals surface area contributed by atoms with Gasteiger partial charge in [0.15, 0.2) is 5.96 Å². The third-order valence-corrected chi connectivity index (χ3v) is 4.15. The molecule has 22 heavy (non-hydrogen) atoms. The Labute approximate surface area is 154 Å². The fraction of sp³-hybridized carbons (Fsp3) is 0.562. The average molecular weight is 438 g/mol. The van der Waals surface area contributed by atoms with Crippen LogP contribution in [0.3, 0.4) is 0 Å². The standard InChI is InChI=1S/C16H24ClN3O.HI/c1-21-15-9-8-12(10-14(15)17)11-19-16(18)20-13-6-4-2-3-5-7-13;/h8-10,13H,2-7,11H2,1H3,(H3,18,19,20);1H. The summed E-state index contributed by atoms with van der Waals surface area (Å²) in [6, 6.07) is 6.13. The first-order chi connectivity index (χ1) is 10.2. The summed E-state index contributed by atoms with van der Waals surface area (Å²) < 4.78 is 5.13. The molecule has 0 saturated heterocycles. The van der Waals surface area contributed by atoms with E-state index in [0.717, 1.165) is 5.56 Å². The lowest BCUT2D eigenvalue weighted by Gasteiger charge is -2.16. The molecule has 1 aromatic carbocycles. The number of nitrogens with zero attached hydrogens (tertiary/aromatic N) is 1. The summed E-state index contributed by atoms with van der Waals surface area (Å²) in [6.07, 6.45) is 7.59. The van der Waals surface area contributed by atoms with E-state index < -0.39 is 0 Å². The number of guanidine groups is 1. The number of methoxy groups -OCH3 is 1. The van der Waals surface area contributed by atoms with E-state index in [-0.39, 0.29) is 24.0 Å². The van der Waals surface area contributed by atoms with Crippen LogP contribution in [0.25, 0.3) is 0 Å². The van der Waals surface area contributed by atoms with Crippen LogP contribution in [-0.4, -0.2) is 19.1 Å². The van der Waals surface area contributed by atoms with Crippen LogP contribution in [0, 0.1) is 0 Å². The van der Waals surface area contributed by atoms with Crippen LogP contribution in [-0.2, 0) is 6.54 Å². The van der Waals surface area contributed by atoms with Gasteiger partial charge in [0.05, 0.1) is 18.7 Å². The summed E-state index contributed by atoms with van der Waals surface area (Å²) in [6.45, 7) is 0.523. The van der Waals surface area contributed by atoms with E-state index in [2.05, 4.69) is 10.3 Å². The Morgan fingerprint density at radius 2 is 2.00 bits per heavy atom. The minimum atomic E-state index is 0. The molecule has 0 unspecified atom stereocenters. The predicted octanol–water partition coefficient (Wildman–Crippen LogP) is 4.09. The summed E-state index contributed by atoms with van der Waals surface area (Å²) in [5.41, 5.74) is 7.00. The van der Waals surface area contributed by atoms with Gasteiger partial charge >= 0.3 is 0 Å². The number of rotatable bonds is 4. The van der Waals surface area contributed by atoms with Crippen LogP contribution >= 0.6 is 35.6 Å². The van der Waals surface area contributed by atoms with Crippen molar-refractivity contribution in [2.45, 2.75) is 51.1 Å². The number of halogens is 2. The van der Waals surface area contributed by atoms with E-state index in [1.807, 2.05) is 18.2 Å². The molecule has 0 spiro atoms.